The summed E-state index contributed by atoms with van der Waals surface area (Å²) in [5.41, 5.74) is 0.978. The van der Waals surface area contributed by atoms with Crippen molar-refractivity contribution >= 4 is 22.4 Å². The summed E-state index contributed by atoms with van der Waals surface area (Å²) in [4.78, 5) is 17.6. The molecule has 110 valence electrons. The van der Waals surface area contributed by atoms with E-state index >= 15 is 0 Å². The number of nitrogens with zero attached hydrogens (tertiary/aromatic N) is 1. The maximum atomic E-state index is 13.8. The number of halogens is 1. The van der Waals surface area contributed by atoms with Gasteiger partial charge in [0.1, 0.15) is 11.6 Å². The third-order valence-corrected chi connectivity index (χ3v) is 4.26. The van der Waals surface area contributed by atoms with Gasteiger partial charge in [-0.1, -0.05) is 0 Å². The number of nitrogens with one attached hydrogen (secondary N) is 2. The van der Waals surface area contributed by atoms with E-state index in [0.29, 0.717) is 10.9 Å². The quantitative estimate of drug-likeness (QED) is 0.912. The highest BCUT2D eigenvalue weighted by Gasteiger charge is 2.18. The Kier molecular flexibility index (Phi) is 3.85. The summed E-state index contributed by atoms with van der Waals surface area (Å²) in [5.74, 6) is -0.746. The number of amides is 1. The Morgan fingerprint density at radius 1 is 1.52 bits per heavy atom. The van der Waals surface area contributed by atoms with Gasteiger partial charge in [-0.25, -0.2) is 9.37 Å². The van der Waals surface area contributed by atoms with Gasteiger partial charge in [0.15, 0.2) is 5.13 Å². The number of methoxy groups -OCH3 is 1. The first-order valence-corrected chi connectivity index (χ1v) is 7.33. The molecule has 0 saturated carbocycles. The minimum atomic E-state index is -0.616. The van der Waals surface area contributed by atoms with Crippen LogP contribution in [0.2, 0.25) is 0 Å². The van der Waals surface area contributed by atoms with Crippen molar-refractivity contribution in [1.29, 1.82) is 0 Å². The minimum absolute atomic E-state index is 0.0258. The zero-order valence-electron chi connectivity index (χ0n) is 11.4. The fourth-order valence-corrected chi connectivity index (χ4v) is 3.12. The molecule has 0 bridgehead atoms. The molecular weight excluding hydrogens is 293 g/mol. The zero-order valence-corrected chi connectivity index (χ0v) is 12.2. The van der Waals surface area contributed by atoms with Crippen LogP contribution in [-0.4, -0.2) is 24.5 Å². The molecule has 0 unspecified atom stereocenters. The summed E-state index contributed by atoms with van der Waals surface area (Å²) in [5, 5.41) is 6.40. The van der Waals surface area contributed by atoms with E-state index in [4.69, 9.17) is 4.74 Å². The summed E-state index contributed by atoms with van der Waals surface area (Å²) < 4.78 is 18.8. The Bertz CT molecular complexity index is 663. The highest BCUT2D eigenvalue weighted by Crippen LogP contribution is 2.26. The second kappa shape index (κ2) is 5.79. The van der Waals surface area contributed by atoms with E-state index in [2.05, 4.69) is 15.6 Å². The van der Waals surface area contributed by atoms with Crippen molar-refractivity contribution in [3.8, 4) is 5.75 Å². The first-order chi connectivity index (χ1) is 10.2. The van der Waals surface area contributed by atoms with Crippen LogP contribution in [-0.2, 0) is 13.0 Å². The smallest absolute Gasteiger partial charge is 0.260 e. The molecule has 2 heterocycles. The summed E-state index contributed by atoms with van der Waals surface area (Å²) in [6.07, 6.45) is 0.846. The Labute approximate surface area is 125 Å². The van der Waals surface area contributed by atoms with Crippen LogP contribution in [0.1, 0.15) is 20.9 Å². The highest BCUT2D eigenvalue weighted by atomic mass is 32.1. The lowest BCUT2D eigenvalue weighted by molar-refractivity contribution is 0.102. The van der Waals surface area contributed by atoms with Crippen LogP contribution in [0.25, 0.3) is 0 Å². The zero-order chi connectivity index (χ0) is 14.8. The molecule has 21 heavy (non-hydrogen) atoms. The average Bonchev–Trinajstić information content (AvgIpc) is 2.88. The van der Waals surface area contributed by atoms with Gasteiger partial charge in [0.25, 0.3) is 5.91 Å². The fourth-order valence-electron chi connectivity index (χ4n) is 2.15. The molecule has 0 radical (unpaired) electrons. The normalized spacial score (nSPS) is 13.6. The van der Waals surface area contributed by atoms with Crippen LogP contribution in [0.15, 0.2) is 18.2 Å². The summed E-state index contributed by atoms with van der Waals surface area (Å²) >= 11 is 1.42. The van der Waals surface area contributed by atoms with Crippen LogP contribution < -0.4 is 15.4 Å². The molecule has 1 aromatic heterocycles. The molecule has 5 nitrogen and oxygen atoms in total. The molecule has 2 aromatic rings. The van der Waals surface area contributed by atoms with E-state index in [-0.39, 0.29) is 5.56 Å². The molecule has 1 aliphatic rings. The molecule has 0 atom stereocenters. The molecular formula is C14H14FN3O2S. The number of rotatable bonds is 3. The lowest BCUT2D eigenvalue weighted by atomic mass is 10.2. The second-order valence-corrected chi connectivity index (χ2v) is 5.70. The topological polar surface area (TPSA) is 63.2 Å². The molecule has 3 rings (SSSR count). The van der Waals surface area contributed by atoms with Crippen molar-refractivity contribution in [3.63, 3.8) is 0 Å². The lowest BCUT2D eigenvalue weighted by Gasteiger charge is -2.09. The minimum Gasteiger partial charge on any atom is -0.497 e. The third kappa shape index (κ3) is 2.88. The van der Waals surface area contributed by atoms with E-state index in [1.54, 1.807) is 6.07 Å². The summed E-state index contributed by atoms with van der Waals surface area (Å²) in [6, 6.07) is 4.14. The van der Waals surface area contributed by atoms with Crippen LogP contribution in [0.4, 0.5) is 9.52 Å². The van der Waals surface area contributed by atoms with E-state index in [1.165, 1.54) is 30.6 Å². The van der Waals surface area contributed by atoms with E-state index < -0.39 is 11.7 Å². The summed E-state index contributed by atoms with van der Waals surface area (Å²) in [6.45, 7) is 1.65. The van der Waals surface area contributed by atoms with E-state index in [1.807, 2.05) is 0 Å². The van der Waals surface area contributed by atoms with Gasteiger partial charge in [0.2, 0.25) is 0 Å². The third-order valence-electron chi connectivity index (χ3n) is 3.24. The van der Waals surface area contributed by atoms with Gasteiger partial charge in [-0.15, -0.1) is 11.3 Å². The van der Waals surface area contributed by atoms with Gasteiger partial charge in [-0.3, -0.25) is 10.1 Å². The number of fused-ring (bicyclic) bond motifs is 1. The Morgan fingerprint density at radius 3 is 3.10 bits per heavy atom. The van der Waals surface area contributed by atoms with Crippen molar-refractivity contribution in [2.75, 3.05) is 19.0 Å². The first kappa shape index (κ1) is 14.0. The fraction of sp³-hybridized carbons (Fsp3) is 0.286. The molecule has 0 saturated heterocycles. The maximum absolute atomic E-state index is 13.8. The van der Waals surface area contributed by atoms with Crippen molar-refractivity contribution in [1.82, 2.24) is 10.3 Å². The van der Waals surface area contributed by atoms with Gasteiger partial charge >= 0.3 is 0 Å². The largest absolute Gasteiger partial charge is 0.497 e. The first-order valence-electron chi connectivity index (χ1n) is 6.51. The molecule has 1 aromatic carbocycles. The number of aromatic nitrogens is 1. The molecule has 7 heteroatoms. The Morgan fingerprint density at radius 2 is 2.38 bits per heavy atom. The second-order valence-electron chi connectivity index (χ2n) is 4.62. The van der Waals surface area contributed by atoms with Crippen molar-refractivity contribution in [2.45, 2.75) is 13.0 Å². The SMILES string of the molecule is COc1ccc(C(=O)Nc2nc3c(s2)CNCC3)c(F)c1. The number of carbonyl (C=O) groups excluding carboxylic acids is 1. The van der Waals surface area contributed by atoms with Crippen LogP contribution in [0.3, 0.4) is 0 Å². The predicted octanol–water partition coefficient (Wildman–Crippen LogP) is 2.19. The van der Waals surface area contributed by atoms with Gasteiger partial charge in [0.05, 0.1) is 18.4 Å². The predicted molar refractivity (Wildman–Crippen MR) is 78.4 cm³/mol. The number of hydrogen-bond acceptors (Lipinski definition) is 5. The lowest BCUT2D eigenvalue weighted by Crippen LogP contribution is -2.22. The molecule has 1 amide bonds. The molecule has 2 N–H and O–H groups in total. The van der Waals surface area contributed by atoms with Crippen LogP contribution in [0.5, 0.6) is 5.75 Å². The molecule has 1 aliphatic heterocycles. The van der Waals surface area contributed by atoms with Gasteiger partial charge in [0, 0.05) is 30.5 Å². The van der Waals surface area contributed by atoms with Crippen molar-refractivity contribution in [2.24, 2.45) is 0 Å². The van der Waals surface area contributed by atoms with Crippen molar-refractivity contribution in [3.05, 3.63) is 40.2 Å². The van der Waals surface area contributed by atoms with Gasteiger partial charge < -0.3 is 10.1 Å². The number of anilines is 1. The highest BCUT2D eigenvalue weighted by molar-refractivity contribution is 7.15. The standard InChI is InChI=1S/C14H14FN3O2S/c1-20-8-2-3-9(10(15)6-8)13(19)18-14-17-11-4-5-16-7-12(11)21-14/h2-3,6,16H,4-5,7H2,1H3,(H,17,18,19). The number of hydrogen-bond donors (Lipinski definition) is 2. The van der Waals surface area contributed by atoms with E-state index in [0.717, 1.165) is 30.1 Å². The maximum Gasteiger partial charge on any atom is 0.260 e. The monoisotopic (exact) mass is 307 g/mol. The number of ether oxygens (including phenoxy) is 1. The van der Waals surface area contributed by atoms with Crippen LogP contribution >= 0.6 is 11.3 Å². The Hall–Kier alpha value is -1.99. The van der Waals surface area contributed by atoms with Gasteiger partial charge in [-0.2, -0.15) is 0 Å². The van der Waals surface area contributed by atoms with Crippen LogP contribution in [0, 0.1) is 5.82 Å². The molecule has 0 spiro atoms. The average molecular weight is 307 g/mol. The van der Waals surface area contributed by atoms with Gasteiger partial charge in [-0.05, 0) is 12.1 Å². The molecule has 0 fully saturated rings. The number of carbonyl (C=O) groups is 1. The molecule has 0 aliphatic carbocycles. The Balaban J connectivity index is 1.78. The number of thiazole rings is 1. The number of benzene rings is 1. The van der Waals surface area contributed by atoms with E-state index in [9.17, 15) is 9.18 Å². The van der Waals surface area contributed by atoms with Crippen molar-refractivity contribution < 1.29 is 13.9 Å². The summed E-state index contributed by atoms with van der Waals surface area (Å²) in [7, 11) is 1.45.